The molecule has 0 spiro atoms. The number of ether oxygens (including phenoxy) is 1. The molecule has 2 heterocycles. The number of hydrogen-bond donors (Lipinski definition) is 2. The second kappa shape index (κ2) is 11.7. The number of ketones is 1. The van der Waals surface area contributed by atoms with Crippen molar-refractivity contribution in [2.24, 2.45) is 0 Å². The zero-order valence-corrected chi connectivity index (χ0v) is 19.7. The van der Waals surface area contributed by atoms with Crippen molar-refractivity contribution in [1.29, 1.82) is 0 Å². The Morgan fingerprint density at radius 2 is 1.97 bits per heavy atom. The predicted octanol–water partition coefficient (Wildman–Crippen LogP) is 2.43. The molecule has 0 bridgehead atoms. The van der Waals surface area contributed by atoms with Crippen molar-refractivity contribution in [3.05, 3.63) is 41.6 Å². The Morgan fingerprint density at radius 1 is 1.27 bits per heavy atom. The highest BCUT2D eigenvalue weighted by molar-refractivity contribution is 6.13. The monoisotopic (exact) mass is 454 g/mol. The fourth-order valence-electron chi connectivity index (χ4n) is 4.40. The Kier molecular flexibility index (Phi) is 8.73. The van der Waals surface area contributed by atoms with Crippen molar-refractivity contribution >= 4 is 23.8 Å². The third-order valence-corrected chi connectivity index (χ3v) is 6.24. The van der Waals surface area contributed by atoms with E-state index < -0.39 is 0 Å². The van der Waals surface area contributed by atoms with E-state index in [1.807, 2.05) is 0 Å². The standard InChI is InChI=1S/C24H34N6O3/c1-4-29(5-2)21(12-15-31)30-13-10-17(11-14-30)27-24-26-16-19(23(25)28-24)22(32)18-8-6-7-9-20(18)33-3/h6-9,15-17,21H,4-5,10-14H2,1-3H3,(H3,25,26,27,28). The molecule has 2 aromatic rings. The number of benzene rings is 1. The maximum atomic E-state index is 12.9. The topological polar surface area (TPSA) is 114 Å². The number of piperidine rings is 1. The molecule has 1 fully saturated rings. The van der Waals surface area contributed by atoms with Crippen LogP contribution in [0.5, 0.6) is 5.75 Å². The Hall–Kier alpha value is -3.04. The first kappa shape index (κ1) is 24.6. The van der Waals surface area contributed by atoms with Crippen molar-refractivity contribution in [3.8, 4) is 5.75 Å². The number of anilines is 2. The maximum absolute atomic E-state index is 12.9. The summed E-state index contributed by atoms with van der Waals surface area (Å²) in [5.41, 5.74) is 6.78. The minimum absolute atomic E-state index is 0.133. The van der Waals surface area contributed by atoms with E-state index in [1.165, 1.54) is 13.3 Å². The predicted molar refractivity (Wildman–Crippen MR) is 128 cm³/mol. The van der Waals surface area contributed by atoms with Gasteiger partial charge in [-0.05, 0) is 38.1 Å². The van der Waals surface area contributed by atoms with E-state index in [2.05, 4.69) is 38.9 Å². The second-order valence-electron chi connectivity index (χ2n) is 8.08. The van der Waals surface area contributed by atoms with Gasteiger partial charge in [-0.3, -0.25) is 14.6 Å². The molecule has 1 aromatic heterocycles. The van der Waals surface area contributed by atoms with Crippen LogP contribution in [0.25, 0.3) is 0 Å². The number of nitrogen functional groups attached to an aromatic ring is 1. The molecule has 0 aliphatic carbocycles. The molecule has 9 heteroatoms. The number of hydrogen-bond acceptors (Lipinski definition) is 9. The average Bonchev–Trinajstić information content (AvgIpc) is 2.84. The van der Waals surface area contributed by atoms with Crippen LogP contribution in [0.4, 0.5) is 11.8 Å². The lowest BCUT2D eigenvalue weighted by Gasteiger charge is -2.42. The van der Waals surface area contributed by atoms with Crippen LogP contribution >= 0.6 is 0 Å². The molecule has 3 rings (SSSR count). The minimum Gasteiger partial charge on any atom is -0.496 e. The molecule has 0 radical (unpaired) electrons. The van der Waals surface area contributed by atoms with E-state index >= 15 is 0 Å². The molecule has 9 nitrogen and oxygen atoms in total. The lowest BCUT2D eigenvalue weighted by atomic mass is 10.0. The summed E-state index contributed by atoms with van der Waals surface area (Å²) >= 11 is 0. The molecule has 1 aliphatic rings. The molecule has 1 aromatic carbocycles. The first-order valence-electron chi connectivity index (χ1n) is 11.5. The van der Waals surface area contributed by atoms with Crippen molar-refractivity contribution in [1.82, 2.24) is 19.8 Å². The van der Waals surface area contributed by atoms with Gasteiger partial charge >= 0.3 is 0 Å². The SMILES string of the molecule is CCN(CC)C(CC=O)N1CCC(Nc2ncc(C(=O)c3ccccc3OC)c(N)n2)CC1. The van der Waals surface area contributed by atoms with Gasteiger partial charge < -0.3 is 20.6 Å². The number of methoxy groups -OCH3 is 1. The molecule has 1 saturated heterocycles. The van der Waals surface area contributed by atoms with Crippen molar-refractivity contribution in [2.75, 3.05) is 44.3 Å². The summed E-state index contributed by atoms with van der Waals surface area (Å²) in [5, 5.41) is 3.35. The lowest BCUT2D eigenvalue weighted by Crippen LogP contribution is -2.52. The fourth-order valence-corrected chi connectivity index (χ4v) is 4.40. The van der Waals surface area contributed by atoms with Gasteiger partial charge in [0.15, 0.2) is 0 Å². The van der Waals surface area contributed by atoms with E-state index in [0.29, 0.717) is 23.7 Å². The fraction of sp³-hybridized carbons (Fsp3) is 0.500. The van der Waals surface area contributed by atoms with Crippen molar-refractivity contribution in [2.45, 2.75) is 45.3 Å². The Morgan fingerprint density at radius 3 is 2.58 bits per heavy atom. The van der Waals surface area contributed by atoms with Gasteiger partial charge in [-0.25, -0.2) is 4.98 Å². The minimum atomic E-state index is -0.276. The summed E-state index contributed by atoms with van der Waals surface area (Å²) in [6.45, 7) is 7.85. The van der Waals surface area contributed by atoms with Gasteiger partial charge in [0.05, 0.1) is 24.4 Å². The van der Waals surface area contributed by atoms with E-state index in [1.54, 1.807) is 24.3 Å². The average molecular weight is 455 g/mol. The van der Waals surface area contributed by atoms with Gasteiger partial charge in [0, 0.05) is 31.7 Å². The van der Waals surface area contributed by atoms with Crippen LogP contribution in [0.2, 0.25) is 0 Å². The highest BCUT2D eigenvalue weighted by Crippen LogP contribution is 2.24. The van der Waals surface area contributed by atoms with Gasteiger partial charge in [0.1, 0.15) is 17.9 Å². The highest BCUT2D eigenvalue weighted by Gasteiger charge is 2.28. The van der Waals surface area contributed by atoms with Crippen LogP contribution in [0.15, 0.2) is 30.5 Å². The quantitative estimate of drug-likeness (QED) is 0.390. The number of nitrogens with zero attached hydrogens (tertiary/aromatic N) is 4. The van der Waals surface area contributed by atoms with E-state index in [9.17, 15) is 9.59 Å². The number of carbonyl (C=O) groups is 2. The second-order valence-corrected chi connectivity index (χ2v) is 8.08. The van der Waals surface area contributed by atoms with Crippen molar-refractivity contribution in [3.63, 3.8) is 0 Å². The van der Waals surface area contributed by atoms with Gasteiger partial charge in [0.25, 0.3) is 0 Å². The molecule has 1 aliphatic heterocycles. The Balaban J connectivity index is 1.63. The third-order valence-electron chi connectivity index (χ3n) is 6.24. The van der Waals surface area contributed by atoms with Crippen LogP contribution in [0.1, 0.15) is 49.0 Å². The summed E-state index contributed by atoms with van der Waals surface area (Å²) in [6, 6.07) is 7.19. The molecule has 33 heavy (non-hydrogen) atoms. The number of carbonyl (C=O) groups excluding carboxylic acids is 2. The number of para-hydroxylation sites is 1. The zero-order valence-electron chi connectivity index (χ0n) is 19.7. The van der Waals surface area contributed by atoms with Crippen LogP contribution in [0, 0.1) is 0 Å². The molecular weight excluding hydrogens is 420 g/mol. The van der Waals surface area contributed by atoms with E-state index in [4.69, 9.17) is 10.5 Å². The largest absolute Gasteiger partial charge is 0.496 e. The molecule has 0 amide bonds. The first-order chi connectivity index (χ1) is 16.0. The highest BCUT2D eigenvalue weighted by atomic mass is 16.5. The number of aldehydes is 1. The Labute approximate surface area is 195 Å². The normalized spacial score (nSPS) is 15.9. The summed E-state index contributed by atoms with van der Waals surface area (Å²) in [7, 11) is 1.52. The number of aromatic nitrogens is 2. The molecule has 1 unspecified atom stereocenters. The molecule has 178 valence electrons. The number of likely N-dealkylation sites (tertiary alicyclic amines) is 1. The summed E-state index contributed by atoms with van der Waals surface area (Å²) in [4.78, 5) is 37.5. The van der Waals surface area contributed by atoms with Gasteiger partial charge in [0.2, 0.25) is 11.7 Å². The maximum Gasteiger partial charge on any atom is 0.224 e. The molecule has 0 saturated carbocycles. The van der Waals surface area contributed by atoms with Gasteiger partial charge in [-0.15, -0.1) is 0 Å². The van der Waals surface area contributed by atoms with E-state index in [-0.39, 0.29) is 29.4 Å². The van der Waals surface area contributed by atoms with Crippen LogP contribution < -0.4 is 15.8 Å². The lowest BCUT2D eigenvalue weighted by molar-refractivity contribution is -0.111. The summed E-state index contributed by atoms with van der Waals surface area (Å²) in [6.07, 6.45) is 4.95. The molecule has 1 atom stereocenters. The van der Waals surface area contributed by atoms with Gasteiger partial charge in [-0.2, -0.15) is 4.98 Å². The number of nitrogens with one attached hydrogen (secondary N) is 1. The smallest absolute Gasteiger partial charge is 0.224 e. The van der Waals surface area contributed by atoms with E-state index in [0.717, 1.165) is 45.3 Å². The molecular formula is C24H34N6O3. The summed E-state index contributed by atoms with van der Waals surface area (Å²) in [5.74, 6) is 0.750. The zero-order chi connectivity index (χ0) is 23.8. The van der Waals surface area contributed by atoms with Gasteiger partial charge in [-0.1, -0.05) is 26.0 Å². The Bertz CT molecular complexity index is 942. The number of rotatable bonds is 11. The third kappa shape index (κ3) is 5.85. The van der Waals surface area contributed by atoms with Crippen LogP contribution in [0.3, 0.4) is 0 Å². The summed E-state index contributed by atoms with van der Waals surface area (Å²) < 4.78 is 5.28. The van der Waals surface area contributed by atoms with Crippen molar-refractivity contribution < 1.29 is 14.3 Å². The van der Waals surface area contributed by atoms with Crippen LogP contribution in [-0.4, -0.2) is 77.3 Å². The number of nitrogens with two attached hydrogens (primary N) is 1. The molecule has 3 N–H and O–H groups in total. The van der Waals surface area contributed by atoms with Crippen LogP contribution in [-0.2, 0) is 4.79 Å². The first-order valence-corrected chi connectivity index (χ1v) is 11.5.